The van der Waals surface area contributed by atoms with Gasteiger partial charge in [0.05, 0.1) is 29.8 Å². The second-order valence-corrected chi connectivity index (χ2v) is 3.57. The van der Waals surface area contributed by atoms with Gasteiger partial charge in [-0.05, 0) is 6.42 Å². The zero-order valence-corrected chi connectivity index (χ0v) is 9.51. The molecule has 0 spiro atoms. The third kappa shape index (κ3) is 2.36. The highest BCUT2D eigenvalue weighted by molar-refractivity contribution is 5.46. The maximum Gasteiger partial charge on any atom is 0.0853 e. The number of nitrogens with zero attached hydrogens (tertiary/aromatic N) is 4. The van der Waals surface area contributed by atoms with Gasteiger partial charge in [-0.2, -0.15) is 5.10 Å². The van der Waals surface area contributed by atoms with Crippen molar-refractivity contribution in [1.29, 1.82) is 0 Å². The molecule has 5 heteroatoms. The van der Waals surface area contributed by atoms with Gasteiger partial charge >= 0.3 is 0 Å². The van der Waals surface area contributed by atoms with Crippen LogP contribution < -0.4 is 5.32 Å². The van der Waals surface area contributed by atoms with Crippen LogP contribution in [0.5, 0.6) is 0 Å². The van der Waals surface area contributed by atoms with Crippen LogP contribution in [0, 0.1) is 0 Å². The lowest BCUT2D eigenvalue weighted by Crippen LogP contribution is -2.02. The summed E-state index contributed by atoms with van der Waals surface area (Å²) in [4.78, 5) is 8.23. The first-order valence-electron chi connectivity index (χ1n) is 5.31. The van der Waals surface area contributed by atoms with Gasteiger partial charge in [0, 0.05) is 25.6 Å². The normalized spacial score (nSPS) is 10.4. The molecule has 5 nitrogen and oxygen atoms in total. The zero-order chi connectivity index (χ0) is 11.4. The van der Waals surface area contributed by atoms with E-state index in [1.807, 2.05) is 17.9 Å². The van der Waals surface area contributed by atoms with Gasteiger partial charge < -0.3 is 5.32 Å². The number of anilines is 1. The molecule has 2 aromatic heterocycles. The van der Waals surface area contributed by atoms with E-state index >= 15 is 0 Å². The van der Waals surface area contributed by atoms with E-state index in [0.29, 0.717) is 6.54 Å². The number of hydrogen-bond acceptors (Lipinski definition) is 4. The van der Waals surface area contributed by atoms with E-state index in [0.717, 1.165) is 23.5 Å². The molecular weight excluding hydrogens is 202 g/mol. The molecule has 2 aromatic rings. The Morgan fingerprint density at radius 1 is 1.38 bits per heavy atom. The molecule has 0 atom stereocenters. The lowest BCUT2D eigenvalue weighted by atomic mass is 10.3. The first-order valence-corrected chi connectivity index (χ1v) is 5.31. The minimum absolute atomic E-state index is 0.673. The van der Waals surface area contributed by atoms with Crippen LogP contribution in [0.15, 0.2) is 24.8 Å². The minimum Gasteiger partial charge on any atom is -0.377 e. The molecule has 0 aliphatic rings. The Hall–Kier alpha value is -1.91. The Morgan fingerprint density at radius 2 is 2.25 bits per heavy atom. The van der Waals surface area contributed by atoms with Gasteiger partial charge in [-0.15, -0.1) is 0 Å². The maximum atomic E-state index is 4.36. The maximum absolute atomic E-state index is 4.36. The highest BCUT2D eigenvalue weighted by atomic mass is 15.3. The van der Waals surface area contributed by atoms with Gasteiger partial charge in [0.2, 0.25) is 0 Å². The molecule has 2 rings (SSSR count). The molecule has 0 saturated carbocycles. The van der Waals surface area contributed by atoms with Crippen molar-refractivity contribution in [3.63, 3.8) is 0 Å². The van der Waals surface area contributed by atoms with Crippen molar-refractivity contribution in [3.8, 4) is 0 Å². The number of nitrogens with one attached hydrogen (secondary N) is 1. The molecule has 0 aliphatic heterocycles. The molecule has 0 aromatic carbocycles. The summed E-state index contributed by atoms with van der Waals surface area (Å²) in [6, 6.07) is 0. The fraction of sp³-hybridized carbons (Fsp3) is 0.364. The molecule has 16 heavy (non-hydrogen) atoms. The Balaban J connectivity index is 2.04. The van der Waals surface area contributed by atoms with Gasteiger partial charge in [0.1, 0.15) is 0 Å². The Bertz CT molecular complexity index is 449. The van der Waals surface area contributed by atoms with Crippen molar-refractivity contribution < 1.29 is 0 Å². The highest BCUT2D eigenvalue weighted by Crippen LogP contribution is 2.14. The average molecular weight is 217 g/mol. The quantitative estimate of drug-likeness (QED) is 0.840. The van der Waals surface area contributed by atoms with Crippen LogP contribution in [0.2, 0.25) is 0 Å². The van der Waals surface area contributed by atoms with E-state index in [-0.39, 0.29) is 0 Å². The lowest BCUT2D eigenvalue weighted by Gasteiger charge is -2.03. The topological polar surface area (TPSA) is 55.6 Å². The fourth-order valence-electron chi connectivity index (χ4n) is 1.55. The number of aromatic nitrogens is 4. The molecule has 84 valence electrons. The van der Waals surface area contributed by atoms with Crippen LogP contribution in [-0.4, -0.2) is 19.7 Å². The molecule has 1 N–H and O–H groups in total. The first-order chi connectivity index (χ1) is 7.79. The van der Waals surface area contributed by atoms with Crippen molar-refractivity contribution in [2.75, 3.05) is 5.32 Å². The third-order valence-electron chi connectivity index (χ3n) is 2.32. The molecule has 0 radical (unpaired) electrons. The van der Waals surface area contributed by atoms with Gasteiger partial charge in [0.25, 0.3) is 0 Å². The highest BCUT2D eigenvalue weighted by Gasteiger charge is 2.05. The summed E-state index contributed by atoms with van der Waals surface area (Å²) in [5.74, 6) is 0. The molecule has 0 fully saturated rings. The van der Waals surface area contributed by atoms with E-state index in [1.54, 1.807) is 18.6 Å². The lowest BCUT2D eigenvalue weighted by molar-refractivity contribution is 0.746. The van der Waals surface area contributed by atoms with Gasteiger partial charge in [0.15, 0.2) is 0 Å². The van der Waals surface area contributed by atoms with Gasteiger partial charge in [-0.1, -0.05) is 6.92 Å². The van der Waals surface area contributed by atoms with E-state index in [1.165, 1.54) is 0 Å². The molecule has 0 unspecified atom stereocenters. The summed E-state index contributed by atoms with van der Waals surface area (Å²) in [5, 5.41) is 7.67. The van der Waals surface area contributed by atoms with E-state index in [9.17, 15) is 0 Å². The van der Waals surface area contributed by atoms with Crippen LogP contribution in [0.25, 0.3) is 0 Å². The second kappa shape index (κ2) is 4.74. The largest absolute Gasteiger partial charge is 0.377 e. The van der Waals surface area contributed by atoms with E-state index in [4.69, 9.17) is 0 Å². The van der Waals surface area contributed by atoms with E-state index in [2.05, 4.69) is 27.3 Å². The number of rotatable bonds is 4. The molecule has 2 heterocycles. The Labute approximate surface area is 94.5 Å². The van der Waals surface area contributed by atoms with Crippen LogP contribution >= 0.6 is 0 Å². The van der Waals surface area contributed by atoms with Gasteiger partial charge in [-0.25, -0.2) is 0 Å². The monoisotopic (exact) mass is 217 g/mol. The predicted octanol–water partition coefficient (Wildman–Crippen LogP) is 1.38. The standard InChI is InChI=1S/C11H15N5/c1-3-10-11(8-16(2)15-10)14-7-9-6-12-4-5-13-9/h4-6,8,14H,3,7H2,1-2H3. The van der Waals surface area contributed by atoms with Crippen molar-refractivity contribution in [2.24, 2.45) is 7.05 Å². The third-order valence-corrected chi connectivity index (χ3v) is 2.32. The molecule has 0 saturated heterocycles. The second-order valence-electron chi connectivity index (χ2n) is 3.57. The molecule has 0 amide bonds. The van der Waals surface area contributed by atoms with Crippen molar-refractivity contribution >= 4 is 5.69 Å². The summed E-state index contributed by atoms with van der Waals surface area (Å²) < 4.78 is 1.82. The summed E-state index contributed by atoms with van der Waals surface area (Å²) >= 11 is 0. The fourth-order valence-corrected chi connectivity index (χ4v) is 1.55. The summed E-state index contributed by atoms with van der Waals surface area (Å²) in [5.41, 5.74) is 3.07. The summed E-state index contributed by atoms with van der Waals surface area (Å²) in [6.07, 6.45) is 8.03. The van der Waals surface area contributed by atoms with Crippen molar-refractivity contribution in [3.05, 3.63) is 36.2 Å². The average Bonchev–Trinajstić information content (AvgIpc) is 2.68. The first kappa shape index (κ1) is 10.6. The minimum atomic E-state index is 0.673. The molecule has 0 aliphatic carbocycles. The molecule has 0 bridgehead atoms. The van der Waals surface area contributed by atoms with Crippen molar-refractivity contribution in [1.82, 2.24) is 19.7 Å². The Kier molecular flexibility index (Phi) is 3.14. The van der Waals surface area contributed by atoms with Crippen LogP contribution in [0.4, 0.5) is 5.69 Å². The molecular formula is C11H15N5. The summed E-state index contributed by atoms with van der Waals surface area (Å²) in [7, 11) is 1.92. The van der Waals surface area contributed by atoms with Crippen LogP contribution in [-0.2, 0) is 20.0 Å². The van der Waals surface area contributed by atoms with E-state index < -0.39 is 0 Å². The number of aryl methyl sites for hydroxylation is 2. The van der Waals surface area contributed by atoms with Crippen molar-refractivity contribution in [2.45, 2.75) is 19.9 Å². The smallest absolute Gasteiger partial charge is 0.0853 e. The Morgan fingerprint density at radius 3 is 2.94 bits per heavy atom. The predicted molar refractivity (Wildman–Crippen MR) is 61.9 cm³/mol. The van der Waals surface area contributed by atoms with Crippen LogP contribution in [0.1, 0.15) is 18.3 Å². The summed E-state index contributed by atoms with van der Waals surface area (Å²) in [6.45, 7) is 2.77. The zero-order valence-electron chi connectivity index (χ0n) is 9.51. The van der Waals surface area contributed by atoms with Gasteiger partial charge in [-0.3, -0.25) is 14.6 Å². The number of hydrogen-bond donors (Lipinski definition) is 1. The van der Waals surface area contributed by atoms with Crippen LogP contribution in [0.3, 0.4) is 0 Å². The SMILES string of the molecule is CCc1nn(C)cc1NCc1cnccn1.